The van der Waals surface area contributed by atoms with Crippen molar-refractivity contribution in [1.82, 2.24) is 14.7 Å². The highest BCUT2D eigenvalue weighted by atomic mass is 19.4. The Bertz CT molecular complexity index is 669. The molecule has 1 aliphatic carbocycles. The summed E-state index contributed by atoms with van der Waals surface area (Å²) >= 11 is 0. The fraction of sp³-hybridized carbons (Fsp3) is 0.765. The molecule has 0 spiro atoms. The highest BCUT2D eigenvalue weighted by Crippen LogP contribution is 2.55. The number of hydrogen-bond donors (Lipinski definition) is 2. The monoisotopic (exact) mass is 375 g/mol. The second kappa shape index (κ2) is 6.53. The number of aromatic nitrogens is 2. The van der Waals surface area contributed by atoms with Gasteiger partial charge in [-0.05, 0) is 12.8 Å². The molecule has 26 heavy (non-hydrogen) atoms. The van der Waals surface area contributed by atoms with Gasteiger partial charge in [0, 0.05) is 42.7 Å². The van der Waals surface area contributed by atoms with Crippen molar-refractivity contribution in [2.24, 2.45) is 17.9 Å². The number of nitrogens with zero attached hydrogens (tertiary/aromatic N) is 3. The van der Waals surface area contributed by atoms with Gasteiger partial charge in [0.05, 0.1) is 19.6 Å². The first-order chi connectivity index (χ1) is 12.2. The fourth-order valence-electron chi connectivity index (χ4n) is 4.69. The first-order valence-corrected chi connectivity index (χ1v) is 8.76. The Morgan fingerprint density at radius 3 is 2.19 bits per heavy atom. The first-order valence-electron chi connectivity index (χ1n) is 8.76. The number of rotatable bonds is 4. The van der Waals surface area contributed by atoms with Crippen molar-refractivity contribution in [2.45, 2.75) is 38.3 Å². The predicted octanol–water partition coefficient (Wildman–Crippen LogP) is 1.35. The van der Waals surface area contributed by atoms with Crippen molar-refractivity contribution in [1.29, 1.82) is 0 Å². The number of aliphatic hydroxyl groups is 2. The van der Waals surface area contributed by atoms with Crippen molar-refractivity contribution < 1.29 is 28.2 Å². The fourth-order valence-corrected chi connectivity index (χ4v) is 4.69. The molecule has 0 aromatic carbocycles. The van der Waals surface area contributed by atoms with Gasteiger partial charge in [0.15, 0.2) is 5.69 Å². The van der Waals surface area contributed by atoms with E-state index in [0.717, 1.165) is 17.5 Å². The third kappa shape index (κ3) is 3.00. The number of alkyl halides is 3. The molecule has 6 nitrogen and oxygen atoms in total. The average Bonchev–Trinajstić information content (AvgIpc) is 3.13. The van der Waals surface area contributed by atoms with E-state index in [1.807, 2.05) is 0 Å². The number of amides is 1. The Hall–Kier alpha value is -1.61. The molecule has 1 saturated heterocycles. The lowest BCUT2D eigenvalue weighted by atomic mass is 9.58. The lowest BCUT2D eigenvalue weighted by molar-refractivity contribution is -0.142. The predicted molar refractivity (Wildman–Crippen MR) is 86.0 cm³/mol. The van der Waals surface area contributed by atoms with Crippen LogP contribution in [0.3, 0.4) is 0 Å². The Morgan fingerprint density at radius 1 is 1.19 bits per heavy atom. The van der Waals surface area contributed by atoms with Crippen molar-refractivity contribution in [3.8, 4) is 0 Å². The summed E-state index contributed by atoms with van der Waals surface area (Å²) in [7, 11) is 1.38. The van der Waals surface area contributed by atoms with Gasteiger partial charge >= 0.3 is 6.18 Å². The molecule has 1 saturated carbocycles. The molecule has 146 valence electrons. The van der Waals surface area contributed by atoms with Gasteiger partial charge in [-0.25, -0.2) is 0 Å². The van der Waals surface area contributed by atoms with Gasteiger partial charge in [-0.1, -0.05) is 12.8 Å². The molecule has 0 unspecified atom stereocenters. The number of halogens is 3. The van der Waals surface area contributed by atoms with E-state index in [1.165, 1.54) is 18.1 Å². The maximum atomic E-state index is 13.1. The number of fused-ring (bicyclic) bond motifs is 1. The number of carbonyl (C=O) groups excluding carboxylic acids is 1. The number of likely N-dealkylation sites (tertiary alicyclic amines) is 1. The first kappa shape index (κ1) is 19.2. The summed E-state index contributed by atoms with van der Waals surface area (Å²) in [5.74, 6) is -0.432. The van der Waals surface area contributed by atoms with Crippen LogP contribution < -0.4 is 0 Å². The van der Waals surface area contributed by atoms with Gasteiger partial charge in [0.1, 0.15) is 0 Å². The van der Waals surface area contributed by atoms with Crippen LogP contribution in [0.4, 0.5) is 13.2 Å². The van der Waals surface area contributed by atoms with E-state index in [0.29, 0.717) is 12.8 Å². The highest BCUT2D eigenvalue weighted by molar-refractivity contribution is 5.79. The molecule has 3 rings (SSSR count). The van der Waals surface area contributed by atoms with Gasteiger partial charge in [0.25, 0.3) is 0 Å². The molecule has 2 fully saturated rings. The minimum Gasteiger partial charge on any atom is -0.396 e. The lowest BCUT2D eigenvalue weighted by Gasteiger charge is -2.46. The third-order valence-corrected chi connectivity index (χ3v) is 6.15. The summed E-state index contributed by atoms with van der Waals surface area (Å²) in [5, 5.41) is 23.4. The maximum absolute atomic E-state index is 13.1. The number of hydrogen-bond acceptors (Lipinski definition) is 4. The van der Waals surface area contributed by atoms with Crippen LogP contribution in [0.25, 0.3) is 0 Å². The van der Waals surface area contributed by atoms with Crippen LogP contribution in [-0.2, 0) is 24.4 Å². The second-order valence-electron chi connectivity index (χ2n) is 7.68. The zero-order valence-corrected chi connectivity index (χ0v) is 14.7. The molecule has 9 heteroatoms. The van der Waals surface area contributed by atoms with Crippen LogP contribution in [0.15, 0.2) is 6.20 Å². The van der Waals surface area contributed by atoms with Gasteiger partial charge in [0.2, 0.25) is 5.91 Å². The molecule has 2 aliphatic rings. The van der Waals surface area contributed by atoms with Crippen molar-refractivity contribution in [3.05, 3.63) is 17.5 Å². The van der Waals surface area contributed by atoms with Crippen LogP contribution in [-0.4, -0.2) is 57.1 Å². The molecule has 2 atom stereocenters. The van der Waals surface area contributed by atoms with Gasteiger partial charge in [-0.3, -0.25) is 9.48 Å². The highest BCUT2D eigenvalue weighted by Gasteiger charge is 2.58. The van der Waals surface area contributed by atoms with E-state index in [4.69, 9.17) is 0 Å². The average molecular weight is 375 g/mol. The van der Waals surface area contributed by atoms with Gasteiger partial charge in [-0.15, -0.1) is 0 Å². The summed E-state index contributed by atoms with van der Waals surface area (Å²) < 4.78 is 40.3. The zero-order valence-electron chi connectivity index (χ0n) is 14.7. The molecule has 2 heterocycles. The number of aliphatic hydroxyl groups excluding tert-OH is 2. The van der Waals surface area contributed by atoms with Crippen LogP contribution in [0.1, 0.15) is 36.9 Å². The minimum absolute atomic E-state index is 0.141. The minimum atomic E-state index is -4.62. The number of aryl methyl sites for hydroxylation is 1. The van der Waals surface area contributed by atoms with Gasteiger partial charge < -0.3 is 15.1 Å². The zero-order chi connectivity index (χ0) is 19.2. The molecule has 2 N–H and O–H groups in total. The lowest BCUT2D eigenvalue weighted by Crippen LogP contribution is -2.48. The summed E-state index contributed by atoms with van der Waals surface area (Å²) in [4.78, 5) is 14.2. The van der Waals surface area contributed by atoms with E-state index in [1.54, 1.807) is 0 Å². The topological polar surface area (TPSA) is 78.6 Å². The second-order valence-corrected chi connectivity index (χ2v) is 7.68. The van der Waals surface area contributed by atoms with Crippen LogP contribution in [0, 0.1) is 10.8 Å². The van der Waals surface area contributed by atoms with Gasteiger partial charge in [-0.2, -0.15) is 18.3 Å². The Morgan fingerprint density at radius 2 is 1.73 bits per heavy atom. The van der Waals surface area contributed by atoms with Crippen LogP contribution >= 0.6 is 0 Å². The Balaban J connectivity index is 1.82. The molecule has 1 amide bonds. The Kier molecular flexibility index (Phi) is 4.81. The van der Waals surface area contributed by atoms with E-state index in [-0.39, 0.29) is 31.9 Å². The standard InChI is InChI=1S/C17H24F3N3O3/c1-22-7-12(14(21-22)17(18,19)20)6-13(26)23-8-15(10-24)4-2-3-5-16(15,9-23)11-25/h7,24-25H,2-6,8-11H2,1H3/t15-,16+. The quantitative estimate of drug-likeness (QED) is 0.833. The third-order valence-electron chi connectivity index (χ3n) is 6.15. The van der Waals surface area contributed by atoms with Crippen LogP contribution in [0.2, 0.25) is 0 Å². The smallest absolute Gasteiger partial charge is 0.396 e. The summed E-state index contributed by atoms with van der Waals surface area (Å²) in [6, 6.07) is 0. The molecular weight excluding hydrogens is 351 g/mol. The SMILES string of the molecule is Cn1cc(CC(=O)N2C[C@]3(CO)CCCC[C@]3(CO)C2)c(C(F)(F)F)n1. The maximum Gasteiger partial charge on any atom is 0.435 e. The van der Waals surface area contributed by atoms with E-state index < -0.39 is 35.0 Å². The van der Waals surface area contributed by atoms with E-state index in [2.05, 4.69) is 5.10 Å². The van der Waals surface area contributed by atoms with E-state index >= 15 is 0 Å². The molecular formula is C17H24F3N3O3. The molecule has 1 aromatic heterocycles. The van der Waals surface area contributed by atoms with E-state index in [9.17, 15) is 28.2 Å². The normalized spacial score (nSPS) is 29.1. The summed E-state index contributed by atoms with van der Waals surface area (Å²) in [6.07, 6.45) is -0.576. The molecule has 1 aliphatic heterocycles. The van der Waals surface area contributed by atoms with Crippen molar-refractivity contribution in [3.63, 3.8) is 0 Å². The number of carbonyl (C=O) groups is 1. The summed E-state index contributed by atoms with van der Waals surface area (Å²) in [6.45, 7) is 0.255. The van der Waals surface area contributed by atoms with Crippen LogP contribution in [0.5, 0.6) is 0 Å². The van der Waals surface area contributed by atoms with Crippen molar-refractivity contribution in [2.75, 3.05) is 26.3 Å². The molecule has 0 bridgehead atoms. The summed E-state index contributed by atoms with van der Waals surface area (Å²) in [5.41, 5.74) is -2.34. The van der Waals surface area contributed by atoms with Crippen molar-refractivity contribution >= 4 is 5.91 Å². The Labute approximate surface area is 149 Å². The largest absolute Gasteiger partial charge is 0.435 e. The molecule has 1 aromatic rings. The molecule has 0 radical (unpaired) electrons.